The number of carboxylic acids is 1. The van der Waals surface area contributed by atoms with Gasteiger partial charge in [0, 0.05) is 0 Å². The Labute approximate surface area is 157 Å². The van der Waals surface area contributed by atoms with Crippen LogP contribution < -0.4 is 10.1 Å². The monoisotopic (exact) mass is 371 g/mol. The lowest BCUT2D eigenvalue weighted by atomic mass is 9.90. The van der Waals surface area contributed by atoms with E-state index in [4.69, 9.17) is 4.74 Å². The molecule has 0 radical (unpaired) electrons. The highest BCUT2D eigenvalue weighted by atomic mass is 19.1. The summed E-state index contributed by atoms with van der Waals surface area (Å²) in [6, 6.07) is 8.50. The molecule has 5 nitrogen and oxygen atoms in total. The molecular formula is C21H22FNO4. The van der Waals surface area contributed by atoms with Gasteiger partial charge in [-0.2, -0.15) is 0 Å². The average Bonchev–Trinajstić information content (AvgIpc) is 2.65. The number of rotatable bonds is 6. The number of carbonyl (C=O) groups is 2. The van der Waals surface area contributed by atoms with Crippen LogP contribution in [0.5, 0.6) is 5.75 Å². The molecule has 0 aromatic heterocycles. The van der Waals surface area contributed by atoms with Crippen LogP contribution in [0.4, 0.5) is 4.39 Å². The van der Waals surface area contributed by atoms with E-state index in [-0.39, 0.29) is 17.7 Å². The minimum Gasteiger partial charge on any atom is -0.494 e. The molecule has 1 aliphatic carbocycles. The average molecular weight is 371 g/mol. The quantitative estimate of drug-likeness (QED) is 0.818. The number of aryl methyl sites for hydroxylation is 2. The summed E-state index contributed by atoms with van der Waals surface area (Å²) in [7, 11) is 1.33. The molecule has 6 heteroatoms. The number of hydrogen-bond acceptors (Lipinski definition) is 3. The Hall–Kier alpha value is -2.89. The summed E-state index contributed by atoms with van der Waals surface area (Å²) >= 11 is 0. The van der Waals surface area contributed by atoms with Crippen molar-refractivity contribution in [3.63, 3.8) is 0 Å². The van der Waals surface area contributed by atoms with Gasteiger partial charge in [-0.15, -0.1) is 0 Å². The van der Waals surface area contributed by atoms with E-state index in [0.717, 1.165) is 30.9 Å². The summed E-state index contributed by atoms with van der Waals surface area (Å²) in [5, 5.41) is 11.9. The highest BCUT2D eigenvalue weighted by Gasteiger charge is 2.23. The molecule has 2 aromatic rings. The first-order valence-corrected chi connectivity index (χ1v) is 8.94. The third-order valence-corrected chi connectivity index (χ3v) is 4.84. The zero-order chi connectivity index (χ0) is 19.4. The number of amides is 1. The standard InChI is InChI=1S/C21H22FNO4/c1-27-18-9-8-16(12-17(18)22)20(21(25)26)23-19(24)11-13-6-7-14-4-2-3-5-15(14)10-13/h6-10,12,20H,2-5,11H2,1H3,(H,23,24)(H,25,26). The largest absolute Gasteiger partial charge is 0.494 e. The van der Waals surface area contributed by atoms with Crippen LogP contribution in [-0.4, -0.2) is 24.1 Å². The topological polar surface area (TPSA) is 75.6 Å². The van der Waals surface area contributed by atoms with Crippen molar-refractivity contribution in [1.29, 1.82) is 0 Å². The van der Waals surface area contributed by atoms with Gasteiger partial charge in [0.05, 0.1) is 13.5 Å². The summed E-state index contributed by atoms with van der Waals surface area (Å²) in [6.45, 7) is 0. The van der Waals surface area contributed by atoms with E-state index in [1.165, 1.54) is 36.8 Å². The molecule has 0 heterocycles. The fourth-order valence-electron chi connectivity index (χ4n) is 3.44. The number of halogens is 1. The fraction of sp³-hybridized carbons (Fsp3) is 0.333. The van der Waals surface area contributed by atoms with Crippen LogP contribution >= 0.6 is 0 Å². The van der Waals surface area contributed by atoms with Gasteiger partial charge >= 0.3 is 5.97 Å². The number of ether oxygens (including phenoxy) is 1. The highest BCUT2D eigenvalue weighted by molar-refractivity contribution is 5.85. The molecule has 2 N–H and O–H groups in total. The molecule has 27 heavy (non-hydrogen) atoms. The Bertz CT molecular complexity index is 865. The Kier molecular flexibility index (Phi) is 5.74. The van der Waals surface area contributed by atoms with Crippen molar-refractivity contribution in [2.24, 2.45) is 0 Å². The molecule has 2 aromatic carbocycles. The van der Waals surface area contributed by atoms with E-state index in [9.17, 15) is 19.1 Å². The van der Waals surface area contributed by atoms with Crippen LogP contribution in [0.15, 0.2) is 36.4 Å². The van der Waals surface area contributed by atoms with Crippen molar-refractivity contribution in [3.05, 3.63) is 64.5 Å². The number of hydrogen-bond donors (Lipinski definition) is 2. The lowest BCUT2D eigenvalue weighted by Gasteiger charge is -2.18. The molecule has 1 atom stereocenters. The van der Waals surface area contributed by atoms with E-state index in [0.29, 0.717) is 0 Å². The first kappa shape index (κ1) is 18.9. The third-order valence-electron chi connectivity index (χ3n) is 4.84. The van der Waals surface area contributed by atoms with E-state index >= 15 is 0 Å². The molecule has 0 saturated carbocycles. The lowest BCUT2D eigenvalue weighted by Crippen LogP contribution is -2.34. The minimum absolute atomic E-state index is 0.0169. The molecule has 142 valence electrons. The van der Waals surface area contributed by atoms with Gasteiger partial charge < -0.3 is 15.2 Å². The molecule has 0 saturated heterocycles. The van der Waals surface area contributed by atoms with E-state index in [1.54, 1.807) is 0 Å². The van der Waals surface area contributed by atoms with Gasteiger partial charge in [0.15, 0.2) is 17.6 Å². The zero-order valence-corrected chi connectivity index (χ0v) is 15.1. The highest BCUT2D eigenvalue weighted by Crippen LogP contribution is 2.24. The second-order valence-electron chi connectivity index (χ2n) is 6.72. The minimum atomic E-state index is -1.32. The second-order valence-corrected chi connectivity index (χ2v) is 6.72. The molecule has 1 amide bonds. The van der Waals surface area contributed by atoms with Gasteiger partial charge in [-0.1, -0.05) is 24.3 Å². The van der Waals surface area contributed by atoms with Crippen molar-refractivity contribution < 1.29 is 23.8 Å². The smallest absolute Gasteiger partial charge is 0.330 e. The van der Waals surface area contributed by atoms with Gasteiger partial charge in [0.25, 0.3) is 0 Å². The number of benzene rings is 2. The Morgan fingerprint density at radius 2 is 1.89 bits per heavy atom. The molecule has 1 aliphatic rings. The number of carbonyl (C=O) groups excluding carboxylic acids is 1. The first-order chi connectivity index (χ1) is 13.0. The van der Waals surface area contributed by atoms with E-state index < -0.39 is 23.7 Å². The van der Waals surface area contributed by atoms with Crippen LogP contribution in [0.2, 0.25) is 0 Å². The van der Waals surface area contributed by atoms with Crippen LogP contribution in [0.3, 0.4) is 0 Å². The predicted octanol–water partition coefficient (Wildman–Crippen LogP) is 3.20. The van der Waals surface area contributed by atoms with Gasteiger partial charge in [0.1, 0.15) is 0 Å². The number of aliphatic carboxylic acids is 1. The molecule has 0 bridgehead atoms. The number of fused-ring (bicyclic) bond motifs is 1. The lowest BCUT2D eigenvalue weighted by molar-refractivity contribution is -0.142. The van der Waals surface area contributed by atoms with Crippen molar-refractivity contribution in [3.8, 4) is 5.75 Å². The zero-order valence-electron chi connectivity index (χ0n) is 15.1. The number of carboxylic acid groups (broad SMARTS) is 1. The van der Waals surface area contributed by atoms with Crippen LogP contribution in [0, 0.1) is 5.82 Å². The van der Waals surface area contributed by atoms with Gasteiger partial charge in [-0.25, -0.2) is 9.18 Å². The number of nitrogens with one attached hydrogen (secondary N) is 1. The maximum atomic E-state index is 13.9. The van der Waals surface area contributed by atoms with Crippen LogP contribution in [0.25, 0.3) is 0 Å². The SMILES string of the molecule is COc1ccc(C(NC(=O)Cc2ccc3c(c2)CCCC3)C(=O)O)cc1F. The van der Waals surface area contributed by atoms with E-state index in [2.05, 4.69) is 5.32 Å². The summed E-state index contributed by atoms with van der Waals surface area (Å²) < 4.78 is 18.7. The Morgan fingerprint density at radius 3 is 2.56 bits per heavy atom. The first-order valence-electron chi connectivity index (χ1n) is 8.94. The maximum absolute atomic E-state index is 13.9. The third kappa shape index (κ3) is 4.45. The van der Waals surface area contributed by atoms with Crippen molar-refractivity contribution >= 4 is 11.9 Å². The van der Waals surface area contributed by atoms with Crippen LogP contribution in [0.1, 0.15) is 41.1 Å². The fourth-order valence-corrected chi connectivity index (χ4v) is 3.44. The Balaban J connectivity index is 1.72. The van der Waals surface area contributed by atoms with Crippen molar-refractivity contribution in [1.82, 2.24) is 5.32 Å². The van der Waals surface area contributed by atoms with Crippen LogP contribution in [-0.2, 0) is 28.9 Å². The molecule has 0 spiro atoms. The predicted molar refractivity (Wildman–Crippen MR) is 98.3 cm³/mol. The molecular weight excluding hydrogens is 349 g/mol. The van der Waals surface area contributed by atoms with E-state index in [1.807, 2.05) is 18.2 Å². The van der Waals surface area contributed by atoms with Crippen molar-refractivity contribution in [2.75, 3.05) is 7.11 Å². The van der Waals surface area contributed by atoms with Gasteiger partial charge in [-0.05, 0) is 60.1 Å². The van der Waals surface area contributed by atoms with Gasteiger partial charge in [0.2, 0.25) is 5.91 Å². The van der Waals surface area contributed by atoms with Crippen molar-refractivity contribution in [2.45, 2.75) is 38.1 Å². The number of methoxy groups -OCH3 is 1. The Morgan fingerprint density at radius 1 is 1.15 bits per heavy atom. The summed E-state index contributed by atoms with van der Waals surface area (Å²) in [4.78, 5) is 24.0. The summed E-state index contributed by atoms with van der Waals surface area (Å²) in [5.41, 5.74) is 3.58. The maximum Gasteiger partial charge on any atom is 0.330 e. The molecule has 0 fully saturated rings. The molecule has 3 rings (SSSR count). The summed E-state index contributed by atoms with van der Waals surface area (Å²) in [6.07, 6.45) is 4.48. The molecule has 1 unspecified atom stereocenters. The molecule has 0 aliphatic heterocycles. The summed E-state index contributed by atoms with van der Waals surface area (Å²) in [5.74, 6) is -2.33. The van der Waals surface area contributed by atoms with Gasteiger partial charge in [-0.3, -0.25) is 4.79 Å². The normalized spacial score (nSPS) is 14.1. The second kappa shape index (κ2) is 8.20.